The summed E-state index contributed by atoms with van der Waals surface area (Å²) in [6.45, 7) is 4.89. The molecule has 20 heavy (non-hydrogen) atoms. The Morgan fingerprint density at radius 1 is 1.35 bits per heavy atom. The van der Waals surface area contributed by atoms with E-state index in [-0.39, 0.29) is 5.69 Å². The van der Waals surface area contributed by atoms with Gasteiger partial charge in [-0.3, -0.25) is 14.8 Å². The number of non-ortho nitro benzene ring substituents is 1. The summed E-state index contributed by atoms with van der Waals surface area (Å²) in [5.41, 5.74) is 2.91. The van der Waals surface area contributed by atoms with E-state index in [4.69, 9.17) is 0 Å². The van der Waals surface area contributed by atoms with Gasteiger partial charge in [0.15, 0.2) is 0 Å². The number of hydrogen-bond acceptors (Lipinski definition) is 4. The summed E-state index contributed by atoms with van der Waals surface area (Å²) in [4.78, 5) is 10.3. The van der Waals surface area contributed by atoms with Crippen LogP contribution >= 0.6 is 0 Å². The third kappa shape index (κ3) is 3.21. The minimum atomic E-state index is -0.399. The SMILES string of the molecule is CC(C)NCc1cn(C)nc1-c1ccc([N+](=O)[O-])cc1. The van der Waals surface area contributed by atoms with Crippen LogP contribution in [0.4, 0.5) is 5.69 Å². The molecule has 0 saturated carbocycles. The van der Waals surface area contributed by atoms with Crippen molar-refractivity contribution < 1.29 is 4.92 Å². The predicted molar refractivity (Wildman–Crippen MR) is 77.3 cm³/mol. The highest BCUT2D eigenvalue weighted by Crippen LogP contribution is 2.24. The molecular weight excluding hydrogens is 256 g/mol. The van der Waals surface area contributed by atoms with E-state index in [1.54, 1.807) is 16.8 Å². The number of nitrogens with one attached hydrogen (secondary N) is 1. The van der Waals surface area contributed by atoms with Crippen LogP contribution in [0.3, 0.4) is 0 Å². The molecule has 2 rings (SSSR count). The molecule has 106 valence electrons. The van der Waals surface area contributed by atoms with Gasteiger partial charge in [-0.2, -0.15) is 5.10 Å². The van der Waals surface area contributed by atoms with Crippen LogP contribution < -0.4 is 5.32 Å². The number of rotatable bonds is 5. The molecule has 1 N–H and O–H groups in total. The Labute approximate surface area is 117 Å². The Hall–Kier alpha value is -2.21. The molecule has 6 nitrogen and oxygen atoms in total. The van der Waals surface area contributed by atoms with Gasteiger partial charge in [-0.15, -0.1) is 0 Å². The first kappa shape index (κ1) is 14.2. The van der Waals surface area contributed by atoms with Gasteiger partial charge in [0.25, 0.3) is 5.69 Å². The molecule has 0 amide bonds. The van der Waals surface area contributed by atoms with Crippen LogP contribution in [-0.2, 0) is 13.6 Å². The third-order valence-corrected chi connectivity index (χ3v) is 2.96. The van der Waals surface area contributed by atoms with Gasteiger partial charge in [0.05, 0.1) is 10.6 Å². The first-order valence-electron chi connectivity index (χ1n) is 6.48. The maximum absolute atomic E-state index is 10.7. The molecule has 0 spiro atoms. The molecule has 0 unspecified atom stereocenters. The smallest absolute Gasteiger partial charge is 0.269 e. The second kappa shape index (κ2) is 5.83. The monoisotopic (exact) mass is 274 g/mol. The number of benzene rings is 1. The average molecular weight is 274 g/mol. The van der Waals surface area contributed by atoms with Gasteiger partial charge >= 0.3 is 0 Å². The largest absolute Gasteiger partial charge is 0.310 e. The lowest BCUT2D eigenvalue weighted by Crippen LogP contribution is -2.21. The van der Waals surface area contributed by atoms with Gasteiger partial charge in [-0.05, 0) is 12.1 Å². The zero-order valence-corrected chi connectivity index (χ0v) is 11.8. The summed E-state index contributed by atoms with van der Waals surface area (Å²) in [5.74, 6) is 0. The number of nitro groups is 1. The van der Waals surface area contributed by atoms with Crippen LogP contribution in [0.5, 0.6) is 0 Å². The van der Waals surface area contributed by atoms with E-state index in [0.29, 0.717) is 6.04 Å². The van der Waals surface area contributed by atoms with Gasteiger partial charge in [0.2, 0.25) is 0 Å². The normalized spacial score (nSPS) is 11.0. The Morgan fingerprint density at radius 3 is 2.55 bits per heavy atom. The number of aryl methyl sites for hydroxylation is 1. The molecule has 0 aliphatic carbocycles. The quantitative estimate of drug-likeness (QED) is 0.671. The van der Waals surface area contributed by atoms with Crippen LogP contribution in [0.1, 0.15) is 19.4 Å². The maximum atomic E-state index is 10.7. The van der Waals surface area contributed by atoms with Crippen LogP contribution in [0.15, 0.2) is 30.5 Å². The summed E-state index contributed by atoms with van der Waals surface area (Å²) < 4.78 is 1.76. The van der Waals surface area contributed by atoms with Crippen molar-refractivity contribution in [2.24, 2.45) is 7.05 Å². The number of nitro benzene ring substituents is 1. The van der Waals surface area contributed by atoms with Crippen molar-refractivity contribution in [3.05, 3.63) is 46.1 Å². The minimum absolute atomic E-state index is 0.0894. The zero-order chi connectivity index (χ0) is 14.7. The molecule has 0 aliphatic rings. The molecule has 0 fully saturated rings. The molecular formula is C14H18N4O2. The van der Waals surface area contributed by atoms with E-state index in [1.165, 1.54) is 12.1 Å². The van der Waals surface area contributed by atoms with Gasteiger partial charge < -0.3 is 5.32 Å². The zero-order valence-electron chi connectivity index (χ0n) is 11.8. The standard InChI is InChI=1S/C14H18N4O2/c1-10(2)15-8-12-9-17(3)16-14(12)11-4-6-13(7-5-11)18(19)20/h4-7,9-10,15H,8H2,1-3H3. The van der Waals surface area contributed by atoms with E-state index in [2.05, 4.69) is 24.3 Å². The third-order valence-electron chi connectivity index (χ3n) is 2.96. The Morgan fingerprint density at radius 2 is 2.00 bits per heavy atom. The Balaban J connectivity index is 2.29. The molecule has 0 atom stereocenters. The lowest BCUT2D eigenvalue weighted by molar-refractivity contribution is -0.384. The number of aromatic nitrogens is 2. The number of hydrogen-bond donors (Lipinski definition) is 1. The minimum Gasteiger partial charge on any atom is -0.310 e. The van der Waals surface area contributed by atoms with Gasteiger partial charge in [-0.1, -0.05) is 13.8 Å². The topological polar surface area (TPSA) is 73.0 Å². The summed E-state index contributed by atoms with van der Waals surface area (Å²) in [5, 5.41) is 18.5. The average Bonchev–Trinajstić information content (AvgIpc) is 2.77. The molecule has 6 heteroatoms. The van der Waals surface area contributed by atoms with E-state index in [1.807, 2.05) is 13.2 Å². The van der Waals surface area contributed by atoms with Gasteiger partial charge in [-0.25, -0.2) is 0 Å². The van der Waals surface area contributed by atoms with Crippen LogP contribution in [0.25, 0.3) is 11.3 Å². The second-order valence-corrected chi connectivity index (χ2v) is 5.02. The first-order valence-corrected chi connectivity index (χ1v) is 6.48. The van der Waals surface area contributed by atoms with Crippen LogP contribution in [0.2, 0.25) is 0 Å². The highest BCUT2D eigenvalue weighted by Gasteiger charge is 2.12. The van der Waals surface area contributed by atoms with E-state index >= 15 is 0 Å². The van der Waals surface area contributed by atoms with E-state index in [0.717, 1.165) is 23.4 Å². The van der Waals surface area contributed by atoms with Gasteiger partial charge in [0, 0.05) is 49.1 Å². The second-order valence-electron chi connectivity index (χ2n) is 5.02. The Kier molecular flexibility index (Phi) is 4.14. The van der Waals surface area contributed by atoms with Gasteiger partial charge in [0.1, 0.15) is 0 Å². The van der Waals surface area contributed by atoms with E-state index < -0.39 is 4.92 Å². The van der Waals surface area contributed by atoms with Crippen molar-refractivity contribution in [1.82, 2.24) is 15.1 Å². The van der Waals surface area contributed by atoms with Crippen LogP contribution in [-0.4, -0.2) is 20.7 Å². The fourth-order valence-electron chi connectivity index (χ4n) is 1.97. The molecule has 1 aromatic carbocycles. The van der Waals surface area contributed by atoms with Crippen molar-refractivity contribution in [2.75, 3.05) is 0 Å². The fraction of sp³-hybridized carbons (Fsp3) is 0.357. The highest BCUT2D eigenvalue weighted by atomic mass is 16.6. The van der Waals surface area contributed by atoms with Crippen LogP contribution in [0, 0.1) is 10.1 Å². The molecule has 1 heterocycles. The molecule has 0 bridgehead atoms. The first-order chi connectivity index (χ1) is 9.47. The molecule has 0 aliphatic heterocycles. The predicted octanol–water partition coefficient (Wildman–Crippen LogP) is 2.49. The number of nitrogens with zero attached hydrogens (tertiary/aromatic N) is 3. The summed E-state index contributed by atoms with van der Waals surface area (Å²) in [6.07, 6.45) is 1.96. The molecule has 0 radical (unpaired) electrons. The molecule has 0 saturated heterocycles. The van der Waals surface area contributed by atoms with Crippen molar-refractivity contribution in [1.29, 1.82) is 0 Å². The van der Waals surface area contributed by atoms with E-state index in [9.17, 15) is 10.1 Å². The lowest BCUT2D eigenvalue weighted by Gasteiger charge is -2.07. The summed E-state index contributed by atoms with van der Waals surface area (Å²) in [7, 11) is 1.87. The van der Waals surface area contributed by atoms with Crippen molar-refractivity contribution in [3.8, 4) is 11.3 Å². The van der Waals surface area contributed by atoms with Crippen molar-refractivity contribution >= 4 is 5.69 Å². The highest BCUT2D eigenvalue weighted by molar-refractivity contribution is 5.64. The summed E-state index contributed by atoms with van der Waals surface area (Å²) >= 11 is 0. The summed E-state index contributed by atoms with van der Waals surface area (Å²) in [6, 6.07) is 6.87. The fourth-order valence-corrected chi connectivity index (χ4v) is 1.97. The maximum Gasteiger partial charge on any atom is 0.269 e. The lowest BCUT2D eigenvalue weighted by atomic mass is 10.1. The Bertz CT molecular complexity index is 602. The van der Waals surface area contributed by atoms with Crippen molar-refractivity contribution in [2.45, 2.75) is 26.4 Å². The van der Waals surface area contributed by atoms with Crippen molar-refractivity contribution in [3.63, 3.8) is 0 Å². The molecule has 1 aromatic heterocycles. The molecule has 2 aromatic rings.